The lowest BCUT2D eigenvalue weighted by atomic mass is 9.63. The highest BCUT2D eigenvalue weighted by molar-refractivity contribution is 5.81. The fourth-order valence-corrected chi connectivity index (χ4v) is 2.22. The van der Waals surface area contributed by atoms with Crippen LogP contribution in [-0.2, 0) is 19.1 Å². The van der Waals surface area contributed by atoms with E-state index < -0.39 is 11.6 Å². The van der Waals surface area contributed by atoms with Crippen molar-refractivity contribution < 1.29 is 24.2 Å². The molecule has 1 unspecified atom stereocenters. The molecule has 1 aliphatic carbocycles. The minimum atomic E-state index is -1.00. The number of carboxylic acids is 1. The van der Waals surface area contributed by atoms with Crippen molar-refractivity contribution in [2.75, 3.05) is 13.7 Å². The fraction of sp³-hybridized carbons (Fsp3) is 0.778. The topological polar surface area (TPSA) is 72.8 Å². The quantitative estimate of drug-likeness (QED) is 0.637. The average Bonchev–Trinajstić information content (AvgIpc) is 2.14. The molecule has 2 heterocycles. The first-order chi connectivity index (χ1) is 6.59. The van der Waals surface area contributed by atoms with Crippen molar-refractivity contribution in [2.45, 2.75) is 18.4 Å². The van der Waals surface area contributed by atoms with Gasteiger partial charge < -0.3 is 14.6 Å². The number of aliphatic carboxylic acids is 1. The molecule has 3 rings (SSSR count). The first-order valence-electron chi connectivity index (χ1n) is 4.54. The monoisotopic (exact) mass is 200 g/mol. The van der Waals surface area contributed by atoms with Crippen molar-refractivity contribution in [3.05, 3.63) is 0 Å². The van der Waals surface area contributed by atoms with Gasteiger partial charge in [0.2, 0.25) is 0 Å². The summed E-state index contributed by atoms with van der Waals surface area (Å²) in [5.74, 6) is -1.38. The third-order valence-electron chi connectivity index (χ3n) is 3.19. The van der Waals surface area contributed by atoms with Crippen molar-refractivity contribution in [2.24, 2.45) is 11.8 Å². The summed E-state index contributed by atoms with van der Waals surface area (Å²) in [7, 11) is 1.33. The number of carboxylic acid groups (broad SMARTS) is 1. The molecule has 14 heavy (non-hydrogen) atoms. The molecular formula is C9H12O5. The Morgan fingerprint density at radius 2 is 2.14 bits per heavy atom. The Morgan fingerprint density at radius 3 is 2.50 bits per heavy atom. The molecule has 1 N–H and O–H groups in total. The van der Waals surface area contributed by atoms with Crippen LogP contribution in [0.25, 0.3) is 0 Å². The van der Waals surface area contributed by atoms with Gasteiger partial charge in [0.25, 0.3) is 0 Å². The molecule has 5 heteroatoms. The lowest BCUT2D eigenvalue weighted by molar-refractivity contribution is -0.226. The number of hydrogen-bond acceptors (Lipinski definition) is 4. The SMILES string of the molecule is COC(=O)C1COC2(C(=O)O)CC1C2. The number of esters is 1. The van der Waals surface area contributed by atoms with Crippen molar-refractivity contribution in [1.82, 2.24) is 0 Å². The maximum Gasteiger partial charge on any atom is 0.335 e. The summed E-state index contributed by atoms with van der Waals surface area (Å²) in [6.07, 6.45) is 0.865. The zero-order valence-electron chi connectivity index (χ0n) is 7.86. The zero-order chi connectivity index (χ0) is 10.3. The van der Waals surface area contributed by atoms with Gasteiger partial charge in [0.1, 0.15) is 0 Å². The van der Waals surface area contributed by atoms with E-state index in [1.54, 1.807) is 0 Å². The smallest absolute Gasteiger partial charge is 0.335 e. The number of methoxy groups -OCH3 is 1. The van der Waals surface area contributed by atoms with Crippen molar-refractivity contribution in [3.63, 3.8) is 0 Å². The van der Waals surface area contributed by atoms with Crippen LogP contribution in [0.1, 0.15) is 12.8 Å². The van der Waals surface area contributed by atoms with E-state index in [1.807, 2.05) is 0 Å². The second-order valence-electron chi connectivity index (χ2n) is 3.91. The van der Waals surface area contributed by atoms with E-state index >= 15 is 0 Å². The summed E-state index contributed by atoms with van der Waals surface area (Å²) in [5.41, 5.74) is -1.00. The third-order valence-corrected chi connectivity index (χ3v) is 3.19. The minimum Gasteiger partial charge on any atom is -0.479 e. The summed E-state index contributed by atoms with van der Waals surface area (Å²) in [6, 6.07) is 0. The van der Waals surface area contributed by atoms with Crippen molar-refractivity contribution in [3.8, 4) is 0 Å². The van der Waals surface area contributed by atoms with Crippen molar-refractivity contribution >= 4 is 11.9 Å². The molecule has 0 aromatic carbocycles. The maximum atomic E-state index is 11.2. The van der Waals surface area contributed by atoms with Crippen LogP contribution in [0.4, 0.5) is 0 Å². The van der Waals surface area contributed by atoms with E-state index in [4.69, 9.17) is 9.84 Å². The first kappa shape index (κ1) is 9.45. The van der Waals surface area contributed by atoms with Crippen LogP contribution >= 0.6 is 0 Å². The molecule has 3 aliphatic rings. The molecule has 0 aromatic heterocycles. The maximum absolute atomic E-state index is 11.2. The molecule has 3 fully saturated rings. The average molecular weight is 200 g/mol. The van der Waals surface area contributed by atoms with Crippen LogP contribution < -0.4 is 0 Å². The predicted molar refractivity (Wildman–Crippen MR) is 44.5 cm³/mol. The highest BCUT2D eigenvalue weighted by Gasteiger charge is 2.59. The number of fused-ring (bicyclic) bond motifs is 2. The first-order valence-corrected chi connectivity index (χ1v) is 4.54. The molecule has 5 nitrogen and oxygen atoms in total. The number of rotatable bonds is 2. The number of carbonyl (C=O) groups is 2. The van der Waals surface area contributed by atoms with Gasteiger partial charge in [0.15, 0.2) is 5.60 Å². The number of carbonyl (C=O) groups excluding carboxylic acids is 1. The summed E-state index contributed by atoms with van der Waals surface area (Å²) in [5, 5.41) is 8.88. The Labute approximate surface area is 81.0 Å². The molecule has 0 aromatic rings. The van der Waals surface area contributed by atoms with Gasteiger partial charge in [-0.3, -0.25) is 4.79 Å². The number of hydrogen-bond donors (Lipinski definition) is 1. The Balaban J connectivity index is 2.02. The van der Waals surface area contributed by atoms with E-state index in [0.29, 0.717) is 12.8 Å². The van der Waals surface area contributed by atoms with Crippen LogP contribution in [0.5, 0.6) is 0 Å². The zero-order valence-corrected chi connectivity index (χ0v) is 7.86. The molecule has 0 spiro atoms. The Morgan fingerprint density at radius 1 is 1.50 bits per heavy atom. The molecule has 78 valence electrons. The van der Waals surface area contributed by atoms with Gasteiger partial charge in [-0.05, 0) is 18.8 Å². The number of ether oxygens (including phenoxy) is 2. The largest absolute Gasteiger partial charge is 0.479 e. The molecule has 2 aliphatic heterocycles. The Hall–Kier alpha value is -1.10. The molecule has 2 bridgehead atoms. The summed E-state index contributed by atoms with van der Waals surface area (Å²) >= 11 is 0. The molecular weight excluding hydrogens is 188 g/mol. The van der Waals surface area contributed by atoms with E-state index in [2.05, 4.69) is 4.74 Å². The van der Waals surface area contributed by atoms with Gasteiger partial charge in [-0.25, -0.2) is 4.79 Å². The second kappa shape index (κ2) is 2.95. The summed E-state index contributed by atoms with van der Waals surface area (Å²) < 4.78 is 9.84. The summed E-state index contributed by atoms with van der Waals surface area (Å²) in [6.45, 7) is 0.170. The fourth-order valence-electron chi connectivity index (χ4n) is 2.22. The standard InChI is InChI=1S/C9H12O5/c1-13-7(10)6-4-14-9(8(11)12)2-5(6)3-9/h5-6H,2-4H2,1H3,(H,11,12). The van der Waals surface area contributed by atoms with Crippen molar-refractivity contribution in [1.29, 1.82) is 0 Å². The van der Waals surface area contributed by atoms with Gasteiger partial charge in [-0.2, -0.15) is 0 Å². The highest BCUT2D eigenvalue weighted by Crippen LogP contribution is 2.50. The highest BCUT2D eigenvalue weighted by atomic mass is 16.5. The molecule has 2 saturated heterocycles. The van der Waals surface area contributed by atoms with Crippen LogP contribution in [0.3, 0.4) is 0 Å². The van der Waals surface area contributed by atoms with Crippen LogP contribution in [0, 0.1) is 11.8 Å². The molecule has 0 amide bonds. The van der Waals surface area contributed by atoms with Crippen LogP contribution in [-0.4, -0.2) is 36.4 Å². The normalized spacial score (nSPS) is 39.8. The lowest BCUT2D eigenvalue weighted by Crippen LogP contribution is -2.61. The van der Waals surface area contributed by atoms with E-state index in [1.165, 1.54) is 7.11 Å². The van der Waals surface area contributed by atoms with Crippen LogP contribution in [0.2, 0.25) is 0 Å². The van der Waals surface area contributed by atoms with Gasteiger partial charge in [-0.15, -0.1) is 0 Å². The van der Waals surface area contributed by atoms with Gasteiger partial charge >= 0.3 is 11.9 Å². The Kier molecular flexibility index (Phi) is 1.99. The van der Waals surface area contributed by atoms with Crippen LogP contribution in [0.15, 0.2) is 0 Å². The predicted octanol–water partition coefficient (Wildman–Crippen LogP) is 0.0392. The lowest BCUT2D eigenvalue weighted by Gasteiger charge is -2.51. The minimum absolute atomic E-state index is 0.118. The van der Waals surface area contributed by atoms with E-state index in [0.717, 1.165) is 0 Å². The summed E-state index contributed by atoms with van der Waals surface area (Å²) in [4.78, 5) is 22.0. The Bertz CT molecular complexity index is 273. The van der Waals surface area contributed by atoms with E-state index in [-0.39, 0.29) is 24.4 Å². The third kappa shape index (κ3) is 1.12. The van der Waals surface area contributed by atoms with Gasteiger partial charge in [0, 0.05) is 0 Å². The van der Waals surface area contributed by atoms with E-state index in [9.17, 15) is 9.59 Å². The molecule has 1 saturated carbocycles. The second-order valence-corrected chi connectivity index (χ2v) is 3.91. The van der Waals surface area contributed by atoms with Gasteiger partial charge in [0.05, 0.1) is 19.6 Å². The molecule has 0 radical (unpaired) electrons. The van der Waals surface area contributed by atoms with Gasteiger partial charge in [-0.1, -0.05) is 0 Å². The molecule has 1 atom stereocenters.